The normalized spacial score (nSPS) is 16.4. The van der Waals surface area contributed by atoms with Gasteiger partial charge in [0.2, 0.25) is 0 Å². The Kier molecular flexibility index (Phi) is 4.26. The highest BCUT2D eigenvalue weighted by atomic mass is 15.2. The Balaban J connectivity index is 1.83. The summed E-state index contributed by atoms with van der Waals surface area (Å²) in [5.41, 5.74) is 2.26. The van der Waals surface area contributed by atoms with Crippen LogP contribution in [0.5, 0.6) is 0 Å². The number of nitrogens with zero attached hydrogens (tertiary/aromatic N) is 3. The van der Waals surface area contributed by atoms with Gasteiger partial charge in [0, 0.05) is 13.1 Å². The molecule has 0 atom stereocenters. The van der Waals surface area contributed by atoms with Gasteiger partial charge in [0.1, 0.15) is 5.82 Å². The minimum absolute atomic E-state index is 0.620. The number of hydrogen-bond donors (Lipinski definition) is 0. The third kappa shape index (κ3) is 2.96. The quantitative estimate of drug-likeness (QED) is 0.801. The van der Waals surface area contributed by atoms with E-state index in [2.05, 4.69) is 40.6 Å². The summed E-state index contributed by atoms with van der Waals surface area (Å²) >= 11 is 0. The predicted octanol–water partition coefficient (Wildman–Crippen LogP) is 3.34. The Morgan fingerprint density at radius 3 is 2.76 bits per heavy atom. The lowest BCUT2D eigenvalue weighted by atomic mass is 9.94. The highest BCUT2D eigenvalue weighted by Crippen LogP contribution is 2.24. The summed E-state index contributed by atoms with van der Waals surface area (Å²) in [4.78, 5) is 7.21. The molecule has 1 aliphatic rings. The molecule has 1 aromatic heterocycles. The molecule has 1 aromatic carbocycles. The second-order valence-corrected chi connectivity index (χ2v) is 5.98. The fraction of sp³-hybridized carbons (Fsp3) is 0.500. The molecule has 3 nitrogen and oxygen atoms in total. The van der Waals surface area contributed by atoms with E-state index in [1.54, 1.807) is 0 Å². The number of imidazole rings is 1. The molecule has 2 aromatic rings. The minimum Gasteiger partial charge on any atom is -0.330 e. The summed E-state index contributed by atoms with van der Waals surface area (Å²) in [6.45, 7) is 1.56. The van der Waals surface area contributed by atoms with Gasteiger partial charge >= 0.3 is 0 Å². The summed E-state index contributed by atoms with van der Waals surface area (Å²) in [5.74, 6) is 3.94. The topological polar surface area (TPSA) is 21.1 Å². The van der Waals surface area contributed by atoms with E-state index in [1.807, 2.05) is 6.07 Å². The van der Waals surface area contributed by atoms with Crippen molar-refractivity contribution in [2.45, 2.75) is 44.7 Å². The molecule has 0 spiro atoms. The highest BCUT2D eigenvalue weighted by molar-refractivity contribution is 5.75. The highest BCUT2D eigenvalue weighted by Gasteiger charge is 2.22. The maximum absolute atomic E-state index is 5.58. The van der Waals surface area contributed by atoms with Crippen LogP contribution in [0.15, 0.2) is 24.3 Å². The van der Waals surface area contributed by atoms with Crippen LogP contribution < -0.4 is 0 Å². The standard InChI is InChI=1S/C18H23N3/c1-3-13-21(15-9-5-4-6-10-15)14-18-19-16-11-7-8-12-17(16)20(18)2/h1,7-8,11-12,15H,4-6,9-10,13-14H2,2H3. The molecule has 0 saturated heterocycles. The number of hydrogen-bond acceptors (Lipinski definition) is 2. The van der Waals surface area contributed by atoms with Crippen LogP contribution in [0, 0.1) is 12.3 Å². The van der Waals surface area contributed by atoms with Gasteiger partial charge in [0.25, 0.3) is 0 Å². The maximum Gasteiger partial charge on any atom is 0.123 e. The number of aromatic nitrogens is 2. The number of aryl methyl sites for hydroxylation is 1. The Morgan fingerprint density at radius 2 is 2.05 bits per heavy atom. The number of para-hydroxylation sites is 2. The van der Waals surface area contributed by atoms with Crippen molar-refractivity contribution in [3.05, 3.63) is 30.1 Å². The van der Waals surface area contributed by atoms with Crippen LogP contribution in [0.3, 0.4) is 0 Å². The summed E-state index contributed by atoms with van der Waals surface area (Å²) < 4.78 is 2.20. The van der Waals surface area contributed by atoms with Crippen LogP contribution in [0.1, 0.15) is 37.9 Å². The lowest BCUT2D eigenvalue weighted by molar-refractivity contribution is 0.162. The number of terminal acetylenes is 1. The second kappa shape index (κ2) is 6.32. The molecular weight excluding hydrogens is 258 g/mol. The Morgan fingerprint density at radius 1 is 1.29 bits per heavy atom. The molecule has 0 aliphatic heterocycles. The predicted molar refractivity (Wildman–Crippen MR) is 86.8 cm³/mol. The van der Waals surface area contributed by atoms with Crippen LogP contribution in [0.4, 0.5) is 0 Å². The third-order valence-electron chi connectivity index (χ3n) is 4.61. The minimum atomic E-state index is 0.620. The zero-order valence-corrected chi connectivity index (χ0v) is 12.8. The van der Waals surface area contributed by atoms with Gasteiger partial charge in [-0.3, -0.25) is 4.90 Å². The molecule has 0 bridgehead atoms. The molecular formula is C18H23N3. The van der Waals surface area contributed by atoms with Crippen molar-refractivity contribution in [3.63, 3.8) is 0 Å². The van der Waals surface area contributed by atoms with E-state index in [0.29, 0.717) is 12.6 Å². The first kappa shape index (κ1) is 14.2. The van der Waals surface area contributed by atoms with E-state index in [-0.39, 0.29) is 0 Å². The van der Waals surface area contributed by atoms with Gasteiger partial charge in [-0.2, -0.15) is 0 Å². The number of fused-ring (bicyclic) bond motifs is 1. The molecule has 0 unspecified atom stereocenters. The first-order valence-corrected chi connectivity index (χ1v) is 7.87. The van der Waals surface area contributed by atoms with Crippen LogP contribution in [-0.2, 0) is 13.6 Å². The zero-order valence-electron chi connectivity index (χ0n) is 12.8. The molecule has 0 N–H and O–H groups in total. The van der Waals surface area contributed by atoms with E-state index >= 15 is 0 Å². The van der Waals surface area contributed by atoms with Crippen LogP contribution in [0.25, 0.3) is 11.0 Å². The molecule has 3 heteroatoms. The van der Waals surface area contributed by atoms with E-state index in [4.69, 9.17) is 11.4 Å². The van der Waals surface area contributed by atoms with E-state index in [0.717, 1.165) is 17.9 Å². The fourth-order valence-electron chi connectivity index (χ4n) is 3.40. The van der Waals surface area contributed by atoms with Crippen LogP contribution in [0.2, 0.25) is 0 Å². The van der Waals surface area contributed by atoms with Gasteiger partial charge < -0.3 is 4.57 Å². The Labute approximate surface area is 127 Å². The summed E-state index contributed by atoms with van der Waals surface area (Å²) in [6.07, 6.45) is 12.1. The van der Waals surface area contributed by atoms with Crippen molar-refractivity contribution in [1.82, 2.24) is 14.5 Å². The van der Waals surface area contributed by atoms with Gasteiger partial charge in [-0.05, 0) is 25.0 Å². The molecule has 1 saturated carbocycles. The average molecular weight is 281 g/mol. The summed E-state index contributed by atoms with van der Waals surface area (Å²) in [6, 6.07) is 8.92. The van der Waals surface area contributed by atoms with Gasteiger partial charge in [-0.15, -0.1) is 6.42 Å². The molecule has 3 rings (SSSR count). The van der Waals surface area contributed by atoms with Crippen molar-refractivity contribution in [1.29, 1.82) is 0 Å². The average Bonchev–Trinajstić information content (AvgIpc) is 2.84. The first-order chi connectivity index (χ1) is 10.3. The van der Waals surface area contributed by atoms with Gasteiger partial charge in [-0.1, -0.05) is 37.3 Å². The first-order valence-electron chi connectivity index (χ1n) is 7.87. The van der Waals surface area contributed by atoms with Crippen molar-refractivity contribution < 1.29 is 0 Å². The van der Waals surface area contributed by atoms with E-state index in [1.165, 1.54) is 37.6 Å². The van der Waals surface area contributed by atoms with Crippen LogP contribution >= 0.6 is 0 Å². The van der Waals surface area contributed by atoms with Crippen molar-refractivity contribution in [2.75, 3.05) is 6.54 Å². The molecule has 1 aliphatic carbocycles. The van der Waals surface area contributed by atoms with Gasteiger partial charge in [-0.25, -0.2) is 4.98 Å². The molecule has 1 fully saturated rings. The van der Waals surface area contributed by atoms with Crippen molar-refractivity contribution in [3.8, 4) is 12.3 Å². The smallest absolute Gasteiger partial charge is 0.123 e. The lowest BCUT2D eigenvalue weighted by Gasteiger charge is -2.32. The van der Waals surface area contributed by atoms with E-state index < -0.39 is 0 Å². The molecule has 21 heavy (non-hydrogen) atoms. The Hall–Kier alpha value is -1.79. The molecule has 110 valence electrons. The molecule has 0 amide bonds. The van der Waals surface area contributed by atoms with E-state index in [9.17, 15) is 0 Å². The summed E-state index contributed by atoms with van der Waals surface area (Å²) in [7, 11) is 2.10. The van der Waals surface area contributed by atoms with Crippen LogP contribution in [-0.4, -0.2) is 27.0 Å². The summed E-state index contributed by atoms with van der Waals surface area (Å²) in [5, 5.41) is 0. The fourth-order valence-corrected chi connectivity index (χ4v) is 3.40. The van der Waals surface area contributed by atoms with Crippen molar-refractivity contribution in [2.24, 2.45) is 7.05 Å². The SMILES string of the molecule is C#CCN(Cc1nc2ccccc2n1C)C1CCCCC1. The zero-order chi connectivity index (χ0) is 14.7. The van der Waals surface area contributed by atoms with Gasteiger partial charge in [0.15, 0.2) is 0 Å². The Bertz CT molecular complexity index is 644. The van der Waals surface area contributed by atoms with Crippen molar-refractivity contribution >= 4 is 11.0 Å². The largest absolute Gasteiger partial charge is 0.330 e. The molecule has 0 radical (unpaired) electrons. The number of benzene rings is 1. The third-order valence-corrected chi connectivity index (χ3v) is 4.61. The second-order valence-electron chi connectivity index (χ2n) is 5.98. The molecule has 1 heterocycles. The van der Waals surface area contributed by atoms with Gasteiger partial charge in [0.05, 0.1) is 24.1 Å². The monoisotopic (exact) mass is 281 g/mol. The number of rotatable bonds is 4. The maximum atomic E-state index is 5.58. The lowest BCUT2D eigenvalue weighted by Crippen LogP contribution is -2.37.